The van der Waals surface area contributed by atoms with Crippen LogP contribution in [0.3, 0.4) is 0 Å². The molecule has 0 spiro atoms. The van der Waals surface area contributed by atoms with E-state index in [0.717, 1.165) is 29.9 Å². The summed E-state index contributed by atoms with van der Waals surface area (Å²) in [5.74, 6) is 0.599. The quantitative estimate of drug-likeness (QED) is 0.850. The maximum atomic E-state index is 11.9. The highest BCUT2D eigenvalue weighted by Crippen LogP contribution is 2.25. The Balaban J connectivity index is 1.94. The van der Waals surface area contributed by atoms with Crippen molar-refractivity contribution in [3.05, 3.63) is 36.2 Å². The molecule has 21 heavy (non-hydrogen) atoms. The lowest BCUT2D eigenvalue weighted by molar-refractivity contribution is -0.129. The Morgan fingerprint density at radius 2 is 1.95 bits per heavy atom. The van der Waals surface area contributed by atoms with Crippen LogP contribution in [0.15, 0.2) is 30.5 Å². The number of hydrogen-bond donors (Lipinski definition) is 0. The van der Waals surface area contributed by atoms with Gasteiger partial charge in [0, 0.05) is 43.1 Å². The predicted molar refractivity (Wildman–Crippen MR) is 85.7 cm³/mol. The molecule has 110 valence electrons. The molecule has 1 fully saturated rings. The van der Waals surface area contributed by atoms with Gasteiger partial charge < -0.3 is 9.80 Å². The predicted octanol–water partition coefficient (Wildman–Crippen LogP) is 2.64. The summed E-state index contributed by atoms with van der Waals surface area (Å²) in [6.45, 7) is 6.43. The molecule has 0 aliphatic carbocycles. The van der Waals surface area contributed by atoms with Crippen LogP contribution in [0.5, 0.6) is 0 Å². The zero-order chi connectivity index (χ0) is 15.0. The van der Waals surface area contributed by atoms with Gasteiger partial charge in [0.2, 0.25) is 5.91 Å². The van der Waals surface area contributed by atoms with Crippen LogP contribution in [-0.2, 0) is 4.79 Å². The van der Waals surface area contributed by atoms with Crippen LogP contribution < -0.4 is 4.90 Å². The van der Waals surface area contributed by atoms with E-state index in [0.29, 0.717) is 12.5 Å². The molecule has 0 unspecified atom stereocenters. The summed E-state index contributed by atoms with van der Waals surface area (Å²) in [4.78, 5) is 20.3. The van der Waals surface area contributed by atoms with Crippen molar-refractivity contribution in [2.45, 2.75) is 19.8 Å². The van der Waals surface area contributed by atoms with Crippen LogP contribution in [0.2, 0.25) is 0 Å². The molecule has 1 aromatic carbocycles. The molecular formula is C17H21N3O. The molecule has 1 amide bonds. The lowest BCUT2D eigenvalue weighted by Gasteiger charge is -2.33. The first kappa shape index (κ1) is 13.9. The number of fused-ring (bicyclic) bond motifs is 1. The number of rotatable bonds is 2. The molecule has 2 heterocycles. The lowest BCUT2D eigenvalue weighted by Crippen LogP contribution is -2.48. The van der Waals surface area contributed by atoms with Crippen LogP contribution in [0.4, 0.5) is 5.69 Å². The Morgan fingerprint density at radius 3 is 2.67 bits per heavy atom. The molecule has 3 rings (SSSR count). The number of aromatic nitrogens is 1. The second-order valence-electron chi connectivity index (χ2n) is 6.03. The minimum absolute atomic E-state index is 0.180. The third-order valence-corrected chi connectivity index (χ3v) is 4.14. The fourth-order valence-corrected chi connectivity index (χ4v) is 2.64. The fraction of sp³-hybridized carbons (Fsp3) is 0.412. The molecule has 2 aromatic rings. The van der Waals surface area contributed by atoms with Crippen LogP contribution in [0.25, 0.3) is 10.8 Å². The smallest absolute Gasteiger partial charge is 0.241 e. The Labute approximate surface area is 125 Å². The molecule has 1 aromatic heterocycles. The Bertz CT molecular complexity index is 681. The van der Waals surface area contributed by atoms with Gasteiger partial charge in [0.25, 0.3) is 0 Å². The monoisotopic (exact) mass is 283 g/mol. The molecule has 0 saturated carbocycles. The zero-order valence-electron chi connectivity index (χ0n) is 12.8. The second-order valence-corrected chi connectivity index (χ2v) is 6.03. The number of benzene rings is 1. The van der Waals surface area contributed by atoms with Crippen LogP contribution in [-0.4, -0.2) is 42.5 Å². The maximum Gasteiger partial charge on any atom is 0.241 e. The van der Waals surface area contributed by atoms with Crippen LogP contribution >= 0.6 is 0 Å². The molecule has 1 aliphatic rings. The lowest BCUT2D eigenvalue weighted by atomic mass is 10.1. The van der Waals surface area contributed by atoms with Gasteiger partial charge in [-0.2, -0.15) is 0 Å². The minimum Gasteiger partial charge on any atom is -0.360 e. The first-order chi connectivity index (χ1) is 10.0. The van der Waals surface area contributed by atoms with E-state index in [2.05, 4.69) is 48.0 Å². The summed E-state index contributed by atoms with van der Waals surface area (Å²) < 4.78 is 0. The summed E-state index contributed by atoms with van der Waals surface area (Å²) in [6.07, 6.45) is 1.93. The number of hydrogen-bond acceptors (Lipinski definition) is 3. The van der Waals surface area contributed by atoms with Gasteiger partial charge in [-0.15, -0.1) is 0 Å². The molecule has 1 saturated heterocycles. The average molecular weight is 283 g/mol. The maximum absolute atomic E-state index is 11.9. The van der Waals surface area contributed by atoms with Gasteiger partial charge in [-0.3, -0.25) is 9.78 Å². The van der Waals surface area contributed by atoms with Crippen molar-refractivity contribution in [3.8, 4) is 0 Å². The molecule has 0 N–H and O–H groups in total. The normalized spacial score (nSPS) is 16.1. The van der Waals surface area contributed by atoms with E-state index >= 15 is 0 Å². The second kappa shape index (κ2) is 5.35. The van der Waals surface area contributed by atoms with Crippen molar-refractivity contribution in [1.29, 1.82) is 0 Å². The van der Waals surface area contributed by atoms with Crippen molar-refractivity contribution in [2.75, 3.05) is 31.6 Å². The van der Waals surface area contributed by atoms with E-state index in [4.69, 9.17) is 0 Å². The van der Waals surface area contributed by atoms with E-state index < -0.39 is 0 Å². The third kappa shape index (κ3) is 2.71. The number of piperazine rings is 1. The average Bonchev–Trinajstić information content (AvgIpc) is 2.49. The first-order valence-corrected chi connectivity index (χ1v) is 7.43. The number of anilines is 1. The number of carbonyl (C=O) groups excluding carboxylic acids is 1. The topological polar surface area (TPSA) is 36.4 Å². The van der Waals surface area contributed by atoms with Crippen LogP contribution in [0.1, 0.15) is 25.5 Å². The summed E-state index contributed by atoms with van der Waals surface area (Å²) in [6, 6.07) is 8.49. The summed E-state index contributed by atoms with van der Waals surface area (Å²) >= 11 is 0. The van der Waals surface area contributed by atoms with Crippen LogP contribution in [0, 0.1) is 0 Å². The van der Waals surface area contributed by atoms with E-state index in [1.165, 1.54) is 5.39 Å². The summed E-state index contributed by atoms with van der Waals surface area (Å²) in [7, 11) is 1.86. The first-order valence-electron chi connectivity index (χ1n) is 7.43. The van der Waals surface area contributed by atoms with Gasteiger partial charge in [0.15, 0.2) is 0 Å². The van der Waals surface area contributed by atoms with Crippen molar-refractivity contribution in [3.63, 3.8) is 0 Å². The Kier molecular flexibility index (Phi) is 3.53. The minimum atomic E-state index is 0.180. The molecule has 1 aliphatic heterocycles. The van der Waals surface area contributed by atoms with E-state index in [1.807, 2.05) is 13.2 Å². The molecule has 0 bridgehead atoms. The van der Waals surface area contributed by atoms with Gasteiger partial charge >= 0.3 is 0 Å². The van der Waals surface area contributed by atoms with E-state index in [1.54, 1.807) is 4.90 Å². The zero-order valence-corrected chi connectivity index (χ0v) is 12.8. The van der Waals surface area contributed by atoms with Gasteiger partial charge in [-0.25, -0.2) is 0 Å². The molecule has 0 atom stereocenters. The van der Waals surface area contributed by atoms with Crippen molar-refractivity contribution in [1.82, 2.24) is 9.88 Å². The molecule has 4 heteroatoms. The Hall–Kier alpha value is -2.10. The molecule has 0 radical (unpaired) electrons. The van der Waals surface area contributed by atoms with Gasteiger partial charge in [-0.1, -0.05) is 19.9 Å². The number of nitrogens with zero attached hydrogens (tertiary/aromatic N) is 3. The van der Waals surface area contributed by atoms with Crippen molar-refractivity contribution in [2.24, 2.45) is 0 Å². The number of carbonyl (C=O) groups is 1. The van der Waals surface area contributed by atoms with Gasteiger partial charge in [-0.05, 0) is 29.5 Å². The number of likely N-dealkylation sites (N-methyl/N-ethyl adjacent to an activating group) is 1. The molecule has 4 nitrogen and oxygen atoms in total. The number of amides is 1. The third-order valence-electron chi connectivity index (χ3n) is 4.14. The number of pyridine rings is 1. The summed E-state index contributed by atoms with van der Waals surface area (Å²) in [5.41, 5.74) is 2.22. The highest BCUT2D eigenvalue weighted by molar-refractivity contribution is 5.88. The molecular weight excluding hydrogens is 262 g/mol. The van der Waals surface area contributed by atoms with Crippen molar-refractivity contribution >= 4 is 22.4 Å². The van der Waals surface area contributed by atoms with Crippen molar-refractivity contribution < 1.29 is 4.79 Å². The highest BCUT2D eigenvalue weighted by atomic mass is 16.2. The van der Waals surface area contributed by atoms with E-state index in [9.17, 15) is 4.79 Å². The summed E-state index contributed by atoms with van der Waals surface area (Å²) in [5, 5.41) is 2.33. The largest absolute Gasteiger partial charge is 0.360 e. The van der Waals surface area contributed by atoms with Gasteiger partial charge in [0.1, 0.15) is 0 Å². The fourth-order valence-electron chi connectivity index (χ4n) is 2.64. The Morgan fingerprint density at radius 1 is 1.14 bits per heavy atom. The van der Waals surface area contributed by atoms with E-state index in [-0.39, 0.29) is 5.91 Å². The SMILES string of the molecule is CC(C)c1cc2cc(N3CCN(C)C(=O)C3)ccc2cn1. The standard InChI is InChI=1S/C17H21N3O/c1-12(2)16-9-14-8-15(5-4-13(14)10-18-16)20-7-6-19(3)17(21)11-20/h4-5,8-10,12H,6-7,11H2,1-3H3. The highest BCUT2D eigenvalue weighted by Gasteiger charge is 2.21. The van der Waals surface area contributed by atoms with Gasteiger partial charge in [0.05, 0.1) is 6.54 Å².